The Labute approximate surface area is 76.2 Å². The molecular weight excluding hydrogens is 170 g/mol. The van der Waals surface area contributed by atoms with Gasteiger partial charge in [0.15, 0.2) is 0 Å². The molecule has 72 valence electrons. The molecule has 1 aromatic heterocycles. The molecule has 5 heteroatoms. The van der Waals surface area contributed by atoms with Gasteiger partial charge in [-0.3, -0.25) is 4.79 Å². The normalized spacial score (nSPS) is 12.7. The maximum absolute atomic E-state index is 10.7. The number of imidazole rings is 1. The number of hydrogen-bond acceptors (Lipinski definition) is 3. The van der Waals surface area contributed by atoms with E-state index in [1.807, 2.05) is 6.92 Å². The van der Waals surface area contributed by atoms with Crippen molar-refractivity contribution >= 4 is 5.97 Å². The first kappa shape index (κ1) is 9.73. The van der Waals surface area contributed by atoms with Crippen LogP contribution < -0.4 is 5.32 Å². The van der Waals surface area contributed by atoms with Crippen LogP contribution >= 0.6 is 0 Å². The van der Waals surface area contributed by atoms with Crippen molar-refractivity contribution in [2.24, 2.45) is 0 Å². The van der Waals surface area contributed by atoms with Gasteiger partial charge in [-0.05, 0) is 6.54 Å². The van der Waals surface area contributed by atoms with Gasteiger partial charge in [-0.25, -0.2) is 4.98 Å². The van der Waals surface area contributed by atoms with Crippen LogP contribution in [0.4, 0.5) is 0 Å². The number of carboxylic acid groups (broad SMARTS) is 1. The summed E-state index contributed by atoms with van der Waals surface area (Å²) in [5, 5.41) is 11.7. The minimum absolute atomic E-state index is 0.434. The maximum atomic E-state index is 10.7. The second kappa shape index (κ2) is 4.61. The summed E-state index contributed by atoms with van der Waals surface area (Å²) in [6, 6.07) is -0.537. The third-order valence-corrected chi connectivity index (χ3v) is 1.73. The molecule has 1 heterocycles. The van der Waals surface area contributed by atoms with Gasteiger partial charge in [-0.1, -0.05) is 6.92 Å². The summed E-state index contributed by atoms with van der Waals surface area (Å²) in [7, 11) is 0. The molecule has 3 N–H and O–H groups in total. The lowest BCUT2D eigenvalue weighted by atomic mass is 10.1. The van der Waals surface area contributed by atoms with Crippen molar-refractivity contribution in [3.05, 3.63) is 18.2 Å². The average Bonchev–Trinajstić information content (AvgIpc) is 2.56. The Morgan fingerprint density at radius 3 is 3.08 bits per heavy atom. The first-order valence-corrected chi connectivity index (χ1v) is 4.17. The molecule has 0 bridgehead atoms. The summed E-state index contributed by atoms with van der Waals surface area (Å²) in [6.07, 6.45) is 3.61. The van der Waals surface area contributed by atoms with E-state index < -0.39 is 12.0 Å². The lowest BCUT2D eigenvalue weighted by Gasteiger charge is -2.10. The Balaban J connectivity index is 2.52. The predicted octanol–water partition coefficient (Wildman–Crippen LogP) is 0.0149. The number of aromatic amines is 1. The van der Waals surface area contributed by atoms with Gasteiger partial charge in [0.05, 0.1) is 6.33 Å². The maximum Gasteiger partial charge on any atom is 0.321 e. The quantitative estimate of drug-likeness (QED) is 0.601. The number of nitrogens with one attached hydrogen (secondary N) is 2. The first-order valence-electron chi connectivity index (χ1n) is 4.17. The van der Waals surface area contributed by atoms with Crippen molar-refractivity contribution < 1.29 is 9.90 Å². The number of nitrogens with zero attached hydrogens (tertiary/aromatic N) is 1. The lowest BCUT2D eigenvalue weighted by Crippen LogP contribution is -2.38. The molecule has 0 saturated heterocycles. The highest BCUT2D eigenvalue weighted by molar-refractivity contribution is 5.73. The first-order chi connectivity index (χ1) is 6.24. The predicted molar refractivity (Wildman–Crippen MR) is 47.4 cm³/mol. The highest BCUT2D eigenvalue weighted by Gasteiger charge is 2.16. The van der Waals surface area contributed by atoms with Gasteiger partial charge in [0, 0.05) is 18.3 Å². The van der Waals surface area contributed by atoms with Crippen LogP contribution in [0.25, 0.3) is 0 Å². The van der Waals surface area contributed by atoms with Gasteiger partial charge in [-0.2, -0.15) is 0 Å². The molecule has 0 aliphatic heterocycles. The summed E-state index contributed by atoms with van der Waals surface area (Å²) in [5.74, 6) is -0.837. The molecule has 1 atom stereocenters. The molecule has 0 spiro atoms. The van der Waals surface area contributed by atoms with Crippen molar-refractivity contribution in [1.82, 2.24) is 15.3 Å². The van der Waals surface area contributed by atoms with E-state index in [-0.39, 0.29) is 0 Å². The van der Waals surface area contributed by atoms with Crippen molar-refractivity contribution in [1.29, 1.82) is 0 Å². The largest absolute Gasteiger partial charge is 0.480 e. The van der Waals surface area contributed by atoms with Crippen molar-refractivity contribution in [2.75, 3.05) is 6.54 Å². The number of H-pyrrole nitrogens is 1. The number of carbonyl (C=O) groups is 1. The minimum atomic E-state index is -0.837. The Kier molecular flexibility index (Phi) is 3.45. The Hall–Kier alpha value is -1.36. The number of aliphatic carboxylic acids is 1. The topological polar surface area (TPSA) is 78.0 Å². The van der Waals surface area contributed by atoms with Crippen molar-refractivity contribution in [2.45, 2.75) is 19.4 Å². The SMILES string of the molecule is CCN[C@@H](Cc1cnc[nH]1)C(=O)O. The second-order valence-corrected chi connectivity index (χ2v) is 2.73. The highest BCUT2D eigenvalue weighted by Crippen LogP contribution is 1.98. The Bertz CT molecular complexity index is 258. The van der Waals surface area contributed by atoms with Crippen LogP contribution in [0.2, 0.25) is 0 Å². The Morgan fingerprint density at radius 1 is 1.85 bits per heavy atom. The van der Waals surface area contributed by atoms with E-state index in [1.54, 1.807) is 12.5 Å². The zero-order valence-corrected chi connectivity index (χ0v) is 7.45. The highest BCUT2D eigenvalue weighted by atomic mass is 16.4. The van der Waals surface area contributed by atoms with Crippen LogP contribution in [-0.4, -0.2) is 33.6 Å². The fraction of sp³-hybridized carbons (Fsp3) is 0.500. The molecule has 0 fully saturated rings. The summed E-state index contributed by atoms with van der Waals surface area (Å²) in [4.78, 5) is 17.4. The van der Waals surface area contributed by atoms with Gasteiger partial charge >= 0.3 is 5.97 Å². The van der Waals surface area contributed by atoms with Crippen molar-refractivity contribution in [3.63, 3.8) is 0 Å². The van der Waals surface area contributed by atoms with Crippen LogP contribution in [0.1, 0.15) is 12.6 Å². The van der Waals surface area contributed by atoms with Gasteiger partial charge < -0.3 is 15.4 Å². The van der Waals surface area contributed by atoms with E-state index in [1.165, 1.54) is 0 Å². The number of hydrogen-bond donors (Lipinski definition) is 3. The number of carboxylic acids is 1. The molecule has 0 aliphatic carbocycles. The zero-order chi connectivity index (χ0) is 9.68. The Morgan fingerprint density at radius 2 is 2.62 bits per heavy atom. The van der Waals surface area contributed by atoms with E-state index >= 15 is 0 Å². The van der Waals surface area contributed by atoms with Crippen LogP contribution in [0, 0.1) is 0 Å². The fourth-order valence-electron chi connectivity index (χ4n) is 1.11. The average molecular weight is 183 g/mol. The molecule has 0 radical (unpaired) electrons. The molecule has 0 saturated carbocycles. The lowest BCUT2D eigenvalue weighted by molar-refractivity contribution is -0.139. The molecule has 0 aromatic carbocycles. The molecule has 0 aliphatic rings. The molecular formula is C8H13N3O2. The van der Waals surface area contributed by atoms with E-state index in [0.717, 1.165) is 5.69 Å². The number of aromatic nitrogens is 2. The van der Waals surface area contributed by atoms with Crippen LogP contribution in [0.15, 0.2) is 12.5 Å². The standard InChI is InChI=1S/C8H13N3O2/c1-2-10-7(8(12)13)3-6-4-9-5-11-6/h4-5,7,10H,2-3H2,1H3,(H,9,11)(H,12,13)/t7-/m0/s1. The van der Waals surface area contributed by atoms with E-state index in [0.29, 0.717) is 13.0 Å². The summed E-state index contributed by atoms with van der Waals surface area (Å²) >= 11 is 0. The van der Waals surface area contributed by atoms with E-state index in [2.05, 4.69) is 15.3 Å². The van der Waals surface area contributed by atoms with Gasteiger partial charge in [0.1, 0.15) is 6.04 Å². The summed E-state index contributed by atoms with van der Waals surface area (Å²) in [5.41, 5.74) is 0.827. The summed E-state index contributed by atoms with van der Waals surface area (Å²) in [6.45, 7) is 2.52. The van der Waals surface area contributed by atoms with Crippen LogP contribution in [0.3, 0.4) is 0 Å². The second-order valence-electron chi connectivity index (χ2n) is 2.73. The fourth-order valence-corrected chi connectivity index (χ4v) is 1.11. The molecule has 0 amide bonds. The van der Waals surface area contributed by atoms with E-state index in [4.69, 9.17) is 5.11 Å². The van der Waals surface area contributed by atoms with Crippen LogP contribution in [0.5, 0.6) is 0 Å². The third-order valence-electron chi connectivity index (χ3n) is 1.73. The smallest absolute Gasteiger partial charge is 0.321 e. The van der Waals surface area contributed by atoms with Gasteiger partial charge in [0.2, 0.25) is 0 Å². The molecule has 0 unspecified atom stereocenters. The van der Waals surface area contributed by atoms with Crippen LogP contribution in [-0.2, 0) is 11.2 Å². The third kappa shape index (κ3) is 2.87. The molecule has 1 aromatic rings. The number of rotatable bonds is 5. The van der Waals surface area contributed by atoms with Gasteiger partial charge in [0.25, 0.3) is 0 Å². The summed E-state index contributed by atoms with van der Waals surface area (Å²) < 4.78 is 0. The number of likely N-dealkylation sites (N-methyl/N-ethyl adjacent to an activating group) is 1. The van der Waals surface area contributed by atoms with Crippen molar-refractivity contribution in [3.8, 4) is 0 Å². The molecule has 1 rings (SSSR count). The van der Waals surface area contributed by atoms with Gasteiger partial charge in [-0.15, -0.1) is 0 Å². The molecule has 13 heavy (non-hydrogen) atoms. The van der Waals surface area contributed by atoms with E-state index in [9.17, 15) is 4.79 Å². The molecule has 5 nitrogen and oxygen atoms in total. The minimum Gasteiger partial charge on any atom is -0.480 e. The monoisotopic (exact) mass is 183 g/mol. The zero-order valence-electron chi connectivity index (χ0n) is 7.45.